The second kappa shape index (κ2) is 18.9. The van der Waals surface area contributed by atoms with Crippen molar-refractivity contribution in [2.24, 2.45) is 30.7 Å². The summed E-state index contributed by atoms with van der Waals surface area (Å²) in [6.45, 7) is 0. The maximum Gasteiger partial charge on any atom is 0.647 e. The number of azo groups is 3. The third-order valence-corrected chi connectivity index (χ3v) is 11.4. The van der Waals surface area contributed by atoms with Crippen LogP contribution in [0, 0.1) is 30.3 Å². The van der Waals surface area contributed by atoms with E-state index in [4.69, 9.17) is 13.6 Å². The Balaban J connectivity index is 1.26. The number of fused-ring (bicyclic) bond motifs is 3. The molecule has 0 aliphatic heterocycles. The normalized spacial score (nSPS) is 12.5. The maximum atomic E-state index is 16.2. The molecule has 9 rings (SSSR count). The van der Waals surface area contributed by atoms with Crippen molar-refractivity contribution in [2.45, 2.75) is 0 Å². The maximum absolute atomic E-state index is 16.2. The Hall–Kier alpha value is -9.61. The number of para-hydroxylation sites is 3. The average Bonchev–Trinajstić information content (AvgIpc) is 3.35. The summed E-state index contributed by atoms with van der Waals surface area (Å²) in [6, 6.07) is 47.4. The lowest BCUT2D eigenvalue weighted by Gasteiger charge is -2.23. The van der Waals surface area contributed by atoms with Crippen LogP contribution in [-0.4, -0.2) is 14.8 Å². The van der Waals surface area contributed by atoms with Gasteiger partial charge in [-0.25, -0.2) is 0 Å². The Kier molecular flexibility index (Phi) is 12.1. The van der Waals surface area contributed by atoms with E-state index in [0.29, 0.717) is 32.3 Å². The van der Waals surface area contributed by atoms with Crippen LogP contribution in [0.5, 0.6) is 17.2 Å². The highest BCUT2D eigenvalue weighted by molar-refractivity contribution is 7.49. The fourth-order valence-electron chi connectivity index (χ4n) is 7.04. The SMILES string of the molecule is O=[N+]([O-])c1ccccc1N=Nc1ccc2ccccc2c1OP(=O)(Oc1c(N=Nc2ccccc2[N+](=O)[O-])ccc2ccccc12)Oc1c(N=Nc2ccccc2[N+](=O)[O-])ccc2ccccc12. The quantitative estimate of drug-likeness (QED) is 0.0407. The van der Waals surface area contributed by atoms with Crippen molar-refractivity contribution in [2.75, 3.05) is 0 Å². The number of hydrogen-bond donors (Lipinski definition) is 0. The highest BCUT2D eigenvalue weighted by Gasteiger charge is 2.38. The summed E-state index contributed by atoms with van der Waals surface area (Å²) in [6.07, 6.45) is 0. The molecule has 0 bridgehead atoms. The van der Waals surface area contributed by atoms with Gasteiger partial charge in [0, 0.05) is 34.4 Å². The molecule has 0 saturated heterocycles. The lowest BCUT2D eigenvalue weighted by molar-refractivity contribution is -0.384. The number of nitro benzene ring substituents is 3. The molecule has 9 aromatic rings. The van der Waals surface area contributed by atoms with Crippen LogP contribution in [0.4, 0.5) is 51.2 Å². The summed E-state index contributed by atoms with van der Waals surface area (Å²) < 4.78 is 35.9. The first-order valence-corrected chi connectivity index (χ1v) is 21.7. The predicted octanol–water partition coefficient (Wildman–Crippen LogP) is 15.8. The van der Waals surface area contributed by atoms with Crippen molar-refractivity contribution in [3.63, 3.8) is 0 Å². The molecule has 0 fully saturated rings. The Labute approximate surface area is 383 Å². The first-order valence-electron chi connectivity index (χ1n) is 20.2. The first kappa shape index (κ1) is 43.6. The Morgan fingerprint density at radius 3 is 0.868 bits per heavy atom. The van der Waals surface area contributed by atoms with E-state index < -0.39 is 22.6 Å². The van der Waals surface area contributed by atoms with Crippen LogP contribution in [0.2, 0.25) is 0 Å². The van der Waals surface area contributed by atoms with Crippen LogP contribution < -0.4 is 13.6 Å². The van der Waals surface area contributed by atoms with Crippen LogP contribution in [0.1, 0.15) is 0 Å². The predicted molar refractivity (Wildman–Crippen MR) is 253 cm³/mol. The van der Waals surface area contributed by atoms with E-state index in [2.05, 4.69) is 30.7 Å². The third-order valence-electron chi connectivity index (χ3n) is 10.2. The monoisotopic (exact) mass is 923 g/mol. The molecule has 9 aromatic carbocycles. The van der Waals surface area contributed by atoms with Gasteiger partial charge in [-0.2, -0.15) is 4.57 Å². The molecule has 0 aliphatic carbocycles. The van der Waals surface area contributed by atoms with Crippen molar-refractivity contribution in [3.05, 3.63) is 212 Å². The second-order valence-electron chi connectivity index (χ2n) is 14.5. The molecule has 68 heavy (non-hydrogen) atoms. The van der Waals surface area contributed by atoms with Gasteiger partial charge in [-0.05, 0) is 52.6 Å². The van der Waals surface area contributed by atoms with Gasteiger partial charge in [-0.1, -0.05) is 127 Å². The van der Waals surface area contributed by atoms with E-state index in [1.54, 1.807) is 109 Å². The molecule has 0 aliphatic rings. The summed E-state index contributed by atoms with van der Waals surface area (Å²) in [5, 5.41) is 64.3. The topological polar surface area (TPSA) is 248 Å². The number of benzene rings is 9. The molecule has 0 radical (unpaired) electrons. The molecular weight excluding hydrogens is 894 g/mol. The van der Waals surface area contributed by atoms with Crippen molar-refractivity contribution in [1.29, 1.82) is 0 Å². The summed E-state index contributed by atoms with van der Waals surface area (Å²) in [7, 11) is -5.27. The van der Waals surface area contributed by atoms with Gasteiger partial charge in [0.15, 0.2) is 34.3 Å². The van der Waals surface area contributed by atoms with E-state index in [1.165, 1.54) is 72.8 Å². The number of hydrogen-bond acceptors (Lipinski definition) is 16. The Bertz CT molecular complexity index is 3250. The van der Waals surface area contributed by atoms with Crippen LogP contribution in [-0.2, 0) is 4.57 Å². The summed E-state index contributed by atoms with van der Waals surface area (Å²) >= 11 is 0. The van der Waals surface area contributed by atoms with Crippen LogP contribution in [0.25, 0.3) is 32.3 Å². The van der Waals surface area contributed by atoms with E-state index in [1.807, 2.05) is 0 Å². The molecule has 0 saturated carbocycles. The van der Waals surface area contributed by atoms with Crippen molar-refractivity contribution < 1.29 is 32.9 Å². The molecule has 19 nitrogen and oxygen atoms in total. The highest BCUT2D eigenvalue weighted by atomic mass is 31.2. The molecule has 20 heteroatoms. The largest absolute Gasteiger partial charge is 0.647 e. The standard InChI is InChI=1S/C48H30N9O10P/c58-55(59)43-22-10-7-19-37(43)49-52-40-28-25-31-13-1-4-16-34(31)46(40)65-68(64,66-47-35-17-5-2-14-32(35)26-29-41(47)53-50-38-20-8-11-23-44(38)56(60)61)67-48-36-18-6-3-15-33(36)27-30-42(48)54-51-39-21-9-12-24-45(39)57(62)63/h1-30H. The molecule has 0 unspecified atom stereocenters. The number of phosphoric acid groups is 1. The Morgan fingerprint density at radius 2 is 0.574 bits per heavy atom. The summed E-state index contributed by atoms with van der Waals surface area (Å²) in [5.74, 6) is -0.541. The zero-order valence-corrected chi connectivity index (χ0v) is 35.8. The molecule has 0 aromatic heterocycles. The first-order chi connectivity index (χ1) is 33.0. The van der Waals surface area contributed by atoms with Crippen molar-refractivity contribution >= 4 is 91.3 Å². The van der Waals surface area contributed by atoms with E-state index in [-0.39, 0.29) is 68.4 Å². The third kappa shape index (κ3) is 9.17. The number of rotatable bonds is 15. The highest BCUT2D eigenvalue weighted by Crippen LogP contribution is 2.58. The minimum Gasteiger partial charge on any atom is -0.383 e. The molecule has 0 N–H and O–H groups in total. The van der Waals surface area contributed by atoms with Gasteiger partial charge in [0.1, 0.15) is 17.1 Å². The lowest BCUT2D eigenvalue weighted by atomic mass is 10.1. The van der Waals surface area contributed by atoms with Gasteiger partial charge in [-0.3, -0.25) is 30.3 Å². The van der Waals surface area contributed by atoms with Gasteiger partial charge in [0.2, 0.25) is 0 Å². The molecule has 0 amide bonds. The van der Waals surface area contributed by atoms with Gasteiger partial charge >= 0.3 is 7.82 Å². The smallest absolute Gasteiger partial charge is 0.383 e. The average molecular weight is 924 g/mol. The van der Waals surface area contributed by atoms with Gasteiger partial charge < -0.3 is 13.6 Å². The lowest BCUT2D eigenvalue weighted by Crippen LogP contribution is -2.09. The zero-order chi connectivity index (χ0) is 47.2. The van der Waals surface area contributed by atoms with Gasteiger partial charge in [-0.15, -0.1) is 30.7 Å². The molecule has 0 heterocycles. The fourth-order valence-corrected chi connectivity index (χ4v) is 8.40. The van der Waals surface area contributed by atoms with E-state index in [0.717, 1.165) is 0 Å². The molecule has 0 spiro atoms. The number of nitrogens with zero attached hydrogens (tertiary/aromatic N) is 9. The second-order valence-corrected chi connectivity index (χ2v) is 15.9. The molecular formula is C48H30N9O10P. The molecule has 0 atom stereocenters. The van der Waals surface area contributed by atoms with E-state index >= 15 is 4.57 Å². The summed E-state index contributed by atoms with van der Waals surface area (Å²) in [5.41, 5.74) is -1.35. The number of phosphoric ester groups is 1. The Morgan fingerprint density at radius 1 is 0.324 bits per heavy atom. The minimum atomic E-state index is -5.27. The van der Waals surface area contributed by atoms with Gasteiger partial charge in [0.25, 0.3) is 17.1 Å². The van der Waals surface area contributed by atoms with E-state index in [9.17, 15) is 30.3 Å². The van der Waals surface area contributed by atoms with Gasteiger partial charge in [0.05, 0.1) is 14.8 Å². The number of nitro groups is 3. The van der Waals surface area contributed by atoms with Crippen molar-refractivity contribution in [1.82, 2.24) is 0 Å². The van der Waals surface area contributed by atoms with Crippen LogP contribution in [0.15, 0.2) is 213 Å². The van der Waals surface area contributed by atoms with Crippen LogP contribution >= 0.6 is 7.82 Å². The molecule has 332 valence electrons. The summed E-state index contributed by atoms with van der Waals surface area (Å²) in [4.78, 5) is 33.9. The van der Waals surface area contributed by atoms with Crippen molar-refractivity contribution in [3.8, 4) is 17.2 Å². The minimum absolute atomic E-state index is 0.0438. The fraction of sp³-hybridized carbons (Fsp3) is 0. The van der Waals surface area contributed by atoms with Crippen LogP contribution in [0.3, 0.4) is 0 Å². The zero-order valence-electron chi connectivity index (χ0n) is 34.9.